The molecule has 0 aliphatic carbocycles. The van der Waals surface area contributed by atoms with Crippen LogP contribution < -0.4 is 5.32 Å². The van der Waals surface area contributed by atoms with E-state index in [4.69, 9.17) is 0 Å². The van der Waals surface area contributed by atoms with Gasteiger partial charge in [-0.15, -0.1) is 0 Å². The molecule has 0 spiro atoms. The molecule has 1 N–H and O–H groups in total. The van der Waals surface area contributed by atoms with Crippen molar-refractivity contribution in [3.05, 3.63) is 35.5 Å². The fraction of sp³-hybridized carbons (Fsp3) is 0.250. The maximum Gasteiger partial charge on any atom is 0.178 e. The van der Waals surface area contributed by atoms with Crippen molar-refractivity contribution in [1.82, 2.24) is 9.69 Å². The lowest BCUT2D eigenvalue weighted by Crippen LogP contribution is -2.21. The molecule has 2 heterocycles. The molecule has 0 unspecified atom stereocenters. The van der Waals surface area contributed by atoms with Crippen molar-refractivity contribution in [2.24, 2.45) is 0 Å². The predicted octanol–water partition coefficient (Wildman–Crippen LogP) is 2.95. The quantitative estimate of drug-likeness (QED) is 0.844. The van der Waals surface area contributed by atoms with Crippen LogP contribution in [0.1, 0.15) is 12.1 Å². The summed E-state index contributed by atoms with van der Waals surface area (Å²) in [7, 11) is 0. The van der Waals surface area contributed by atoms with Crippen molar-refractivity contribution in [3.63, 3.8) is 0 Å². The zero-order chi connectivity index (χ0) is 11.8. The Labute approximate surface area is 101 Å². The maximum absolute atomic E-state index is 13.5. The van der Waals surface area contributed by atoms with E-state index in [1.807, 2.05) is 0 Å². The Balaban J connectivity index is 2.18. The van der Waals surface area contributed by atoms with Crippen LogP contribution in [0.4, 0.5) is 8.78 Å². The highest BCUT2D eigenvalue weighted by Crippen LogP contribution is 2.31. The van der Waals surface area contributed by atoms with Crippen LogP contribution in [0.25, 0.3) is 15.7 Å². The average molecular weight is 252 g/mol. The molecule has 17 heavy (non-hydrogen) atoms. The van der Waals surface area contributed by atoms with Crippen molar-refractivity contribution in [1.29, 1.82) is 0 Å². The molecule has 3 rings (SSSR count). The minimum atomic E-state index is -0.816. The fourth-order valence-corrected chi connectivity index (χ4v) is 2.84. The number of aromatic nitrogens is 1. The maximum atomic E-state index is 13.5. The zero-order valence-corrected chi connectivity index (χ0v) is 9.78. The SMILES string of the molecule is Fc1ccc2c(C3=CCCNC3)nsc2c1F. The lowest BCUT2D eigenvalue weighted by molar-refractivity contribution is 0.518. The van der Waals surface area contributed by atoms with Crippen LogP contribution in [0, 0.1) is 11.6 Å². The van der Waals surface area contributed by atoms with E-state index in [0.717, 1.165) is 48.4 Å². The molecule has 0 bridgehead atoms. The third kappa shape index (κ3) is 1.75. The Morgan fingerprint density at radius 2 is 2.18 bits per heavy atom. The minimum Gasteiger partial charge on any atom is -0.312 e. The number of rotatable bonds is 1. The van der Waals surface area contributed by atoms with Gasteiger partial charge in [0.25, 0.3) is 0 Å². The number of benzene rings is 1. The zero-order valence-electron chi connectivity index (χ0n) is 8.96. The van der Waals surface area contributed by atoms with Gasteiger partial charge >= 0.3 is 0 Å². The largest absolute Gasteiger partial charge is 0.312 e. The summed E-state index contributed by atoms with van der Waals surface area (Å²) in [6.45, 7) is 1.69. The van der Waals surface area contributed by atoms with Crippen LogP contribution in [0.15, 0.2) is 18.2 Å². The highest BCUT2D eigenvalue weighted by atomic mass is 32.1. The van der Waals surface area contributed by atoms with Gasteiger partial charge in [-0.25, -0.2) is 8.78 Å². The average Bonchev–Trinajstić information content (AvgIpc) is 2.79. The summed E-state index contributed by atoms with van der Waals surface area (Å²) in [6.07, 6.45) is 3.05. The van der Waals surface area contributed by atoms with Crippen LogP contribution in [0.3, 0.4) is 0 Å². The molecule has 0 atom stereocenters. The number of nitrogens with zero attached hydrogens (tertiary/aromatic N) is 1. The van der Waals surface area contributed by atoms with E-state index < -0.39 is 11.6 Å². The third-order valence-corrected chi connectivity index (χ3v) is 3.72. The molecule has 1 aliphatic rings. The topological polar surface area (TPSA) is 24.9 Å². The van der Waals surface area contributed by atoms with Gasteiger partial charge in [0.15, 0.2) is 11.6 Å². The molecule has 0 radical (unpaired) electrons. The van der Waals surface area contributed by atoms with Crippen molar-refractivity contribution in [3.8, 4) is 0 Å². The van der Waals surface area contributed by atoms with Gasteiger partial charge in [0.05, 0.1) is 10.4 Å². The summed E-state index contributed by atoms with van der Waals surface area (Å²) >= 11 is 1.01. The second-order valence-electron chi connectivity index (χ2n) is 3.96. The molecular formula is C12H10F2N2S. The van der Waals surface area contributed by atoms with E-state index in [9.17, 15) is 8.78 Å². The van der Waals surface area contributed by atoms with Crippen molar-refractivity contribution in [2.45, 2.75) is 6.42 Å². The van der Waals surface area contributed by atoms with E-state index in [2.05, 4.69) is 15.8 Å². The lowest BCUT2D eigenvalue weighted by atomic mass is 10.0. The van der Waals surface area contributed by atoms with Crippen LogP contribution in [0.5, 0.6) is 0 Å². The summed E-state index contributed by atoms with van der Waals surface area (Å²) in [5, 5.41) is 3.94. The molecule has 0 fully saturated rings. The highest BCUT2D eigenvalue weighted by Gasteiger charge is 2.17. The van der Waals surface area contributed by atoms with E-state index in [1.54, 1.807) is 6.07 Å². The third-order valence-electron chi connectivity index (χ3n) is 2.86. The molecule has 2 nitrogen and oxygen atoms in total. The molecule has 0 saturated heterocycles. The van der Waals surface area contributed by atoms with Crippen LogP contribution in [0.2, 0.25) is 0 Å². The normalized spacial score (nSPS) is 16.2. The molecule has 0 saturated carbocycles. The van der Waals surface area contributed by atoms with Gasteiger partial charge in [0, 0.05) is 11.9 Å². The number of halogens is 2. The van der Waals surface area contributed by atoms with Crippen LogP contribution in [-0.4, -0.2) is 17.5 Å². The van der Waals surface area contributed by atoms with Gasteiger partial charge in [0.1, 0.15) is 0 Å². The molecule has 88 valence electrons. The Hall–Kier alpha value is -1.33. The molecule has 1 aliphatic heterocycles. The minimum absolute atomic E-state index is 0.298. The van der Waals surface area contributed by atoms with E-state index in [1.165, 1.54) is 0 Å². The smallest absolute Gasteiger partial charge is 0.178 e. The molecule has 1 aromatic carbocycles. The second-order valence-corrected chi connectivity index (χ2v) is 4.74. The van der Waals surface area contributed by atoms with Gasteiger partial charge in [-0.1, -0.05) is 6.08 Å². The molecule has 5 heteroatoms. The second kappa shape index (κ2) is 4.16. The summed E-state index contributed by atoms with van der Waals surface area (Å²) in [5.74, 6) is -1.61. The van der Waals surface area contributed by atoms with E-state index >= 15 is 0 Å². The lowest BCUT2D eigenvalue weighted by Gasteiger charge is -2.12. The summed E-state index contributed by atoms with van der Waals surface area (Å²) < 4.78 is 31.2. The number of fused-ring (bicyclic) bond motifs is 1. The van der Waals surface area contributed by atoms with Gasteiger partial charge in [0.2, 0.25) is 0 Å². The predicted molar refractivity (Wildman–Crippen MR) is 65.0 cm³/mol. The standard InChI is InChI=1S/C12H10F2N2S/c13-9-4-3-8-11(7-2-1-5-15-6-7)16-17-12(8)10(9)14/h2-4,15H,1,5-6H2. The van der Waals surface area contributed by atoms with Crippen molar-refractivity contribution in [2.75, 3.05) is 13.1 Å². The number of hydrogen-bond acceptors (Lipinski definition) is 3. The Morgan fingerprint density at radius 1 is 1.29 bits per heavy atom. The summed E-state index contributed by atoms with van der Waals surface area (Å²) in [4.78, 5) is 0. The van der Waals surface area contributed by atoms with Crippen molar-refractivity contribution >= 4 is 27.2 Å². The van der Waals surface area contributed by atoms with Crippen LogP contribution >= 0.6 is 11.5 Å². The fourth-order valence-electron chi connectivity index (χ4n) is 2.00. The summed E-state index contributed by atoms with van der Waals surface area (Å²) in [5.41, 5.74) is 1.84. The molecule has 1 aromatic heterocycles. The Kier molecular flexibility index (Phi) is 2.64. The van der Waals surface area contributed by atoms with Crippen molar-refractivity contribution < 1.29 is 8.78 Å². The molecule has 0 amide bonds. The first-order chi connectivity index (χ1) is 8.27. The monoisotopic (exact) mass is 252 g/mol. The Morgan fingerprint density at radius 3 is 2.94 bits per heavy atom. The van der Waals surface area contributed by atoms with Crippen LogP contribution in [-0.2, 0) is 0 Å². The van der Waals surface area contributed by atoms with Gasteiger partial charge in [-0.05, 0) is 42.2 Å². The first-order valence-corrected chi connectivity index (χ1v) is 6.18. The first kappa shape index (κ1) is 10.8. The van der Waals surface area contributed by atoms with Gasteiger partial charge in [-0.3, -0.25) is 0 Å². The Bertz CT molecular complexity index is 604. The van der Waals surface area contributed by atoms with E-state index in [-0.39, 0.29) is 0 Å². The first-order valence-electron chi connectivity index (χ1n) is 5.41. The summed E-state index contributed by atoms with van der Waals surface area (Å²) in [6, 6.07) is 2.76. The van der Waals surface area contributed by atoms with Gasteiger partial charge < -0.3 is 5.32 Å². The highest BCUT2D eigenvalue weighted by molar-refractivity contribution is 7.13. The molecule has 2 aromatic rings. The van der Waals surface area contributed by atoms with E-state index in [0.29, 0.717) is 10.1 Å². The van der Waals surface area contributed by atoms with Gasteiger partial charge in [-0.2, -0.15) is 4.37 Å². The molecular weight excluding hydrogens is 242 g/mol. The number of nitrogens with one attached hydrogen (secondary N) is 1. The number of hydrogen-bond donors (Lipinski definition) is 1.